The molecule has 2 heterocycles. The molecule has 1 saturated heterocycles. The van der Waals surface area contributed by atoms with Gasteiger partial charge in [-0.2, -0.15) is 0 Å². The van der Waals surface area contributed by atoms with Crippen LogP contribution in [0.4, 0.5) is 0 Å². The Hall–Kier alpha value is -0.780. The molecule has 7 heteroatoms. The van der Waals surface area contributed by atoms with Gasteiger partial charge in [0, 0.05) is 18.5 Å². The summed E-state index contributed by atoms with van der Waals surface area (Å²) in [6, 6.07) is 1.30. The van der Waals surface area contributed by atoms with Gasteiger partial charge in [-0.15, -0.1) is 11.3 Å². The summed E-state index contributed by atoms with van der Waals surface area (Å²) in [7, 11) is 0. The second-order valence-electron chi connectivity index (χ2n) is 3.73. The van der Waals surface area contributed by atoms with Crippen molar-refractivity contribution in [2.75, 3.05) is 0 Å². The van der Waals surface area contributed by atoms with Gasteiger partial charge in [-0.25, -0.2) is 0 Å². The molecule has 0 radical (unpaired) electrons. The lowest BCUT2D eigenvalue weighted by atomic mass is 10.2. The highest BCUT2D eigenvalue weighted by atomic mass is 35.5. The first-order valence-electron chi connectivity index (χ1n) is 5.07. The molecule has 17 heavy (non-hydrogen) atoms. The molecule has 0 bridgehead atoms. The molecule has 0 unspecified atom stereocenters. The van der Waals surface area contributed by atoms with Crippen LogP contribution >= 0.6 is 34.5 Å². The molecule has 2 N–H and O–H groups in total. The van der Waals surface area contributed by atoms with Gasteiger partial charge in [0.15, 0.2) is 0 Å². The van der Waals surface area contributed by atoms with Gasteiger partial charge >= 0.3 is 0 Å². The van der Waals surface area contributed by atoms with E-state index >= 15 is 0 Å². The van der Waals surface area contributed by atoms with E-state index in [0.29, 0.717) is 28.1 Å². The third-order valence-corrected chi connectivity index (χ3v) is 4.06. The number of nitrogens with one attached hydrogen (secondary N) is 2. The summed E-state index contributed by atoms with van der Waals surface area (Å²) in [4.78, 5) is 22.6. The maximum absolute atomic E-state index is 11.7. The minimum Gasteiger partial charge on any atom is -0.350 e. The SMILES string of the molecule is O=C1CC[C@H](C(=O)NCc2cc(Cl)sc2Cl)N1. The van der Waals surface area contributed by atoms with E-state index in [-0.39, 0.29) is 11.8 Å². The first kappa shape index (κ1) is 12.7. The van der Waals surface area contributed by atoms with Crippen molar-refractivity contribution in [2.24, 2.45) is 0 Å². The fraction of sp³-hybridized carbons (Fsp3) is 0.400. The van der Waals surface area contributed by atoms with E-state index in [0.717, 1.165) is 5.56 Å². The highest BCUT2D eigenvalue weighted by Crippen LogP contribution is 2.30. The van der Waals surface area contributed by atoms with Crippen LogP contribution in [0.1, 0.15) is 18.4 Å². The van der Waals surface area contributed by atoms with E-state index < -0.39 is 6.04 Å². The van der Waals surface area contributed by atoms with Gasteiger partial charge in [-0.1, -0.05) is 23.2 Å². The Labute approximate surface area is 112 Å². The standard InChI is InChI=1S/C10H10Cl2N2O2S/c11-7-3-5(9(12)17-7)4-13-10(16)6-1-2-8(15)14-6/h3,6H,1-2,4H2,(H,13,16)(H,14,15)/t6-/m1/s1. The summed E-state index contributed by atoms with van der Waals surface area (Å²) < 4.78 is 1.17. The van der Waals surface area contributed by atoms with E-state index in [9.17, 15) is 9.59 Å². The second kappa shape index (κ2) is 5.25. The summed E-state index contributed by atoms with van der Waals surface area (Å²) >= 11 is 13.0. The predicted octanol–water partition coefficient (Wildman–Crippen LogP) is 1.95. The fourth-order valence-corrected chi connectivity index (χ4v) is 3.10. The Kier molecular flexibility index (Phi) is 3.91. The van der Waals surface area contributed by atoms with Gasteiger partial charge in [-0.05, 0) is 12.5 Å². The normalized spacial score (nSPS) is 19.2. The molecule has 2 rings (SSSR count). The lowest BCUT2D eigenvalue weighted by Crippen LogP contribution is -2.41. The molecule has 1 aromatic rings. The van der Waals surface area contributed by atoms with Crippen LogP contribution in [0.15, 0.2) is 6.07 Å². The summed E-state index contributed by atoms with van der Waals surface area (Å²) in [6.07, 6.45) is 0.950. The molecular weight excluding hydrogens is 283 g/mol. The van der Waals surface area contributed by atoms with Crippen molar-refractivity contribution in [3.8, 4) is 0 Å². The van der Waals surface area contributed by atoms with Gasteiger partial charge in [0.05, 0.1) is 8.67 Å². The molecule has 92 valence electrons. The lowest BCUT2D eigenvalue weighted by Gasteiger charge is -2.10. The number of halogens is 2. The van der Waals surface area contributed by atoms with E-state index in [1.165, 1.54) is 11.3 Å². The molecule has 0 aliphatic carbocycles. The van der Waals surface area contributed by atoms with Crippen LogP contribution in [-0.4, -0.2) is 17.9 Å². The van der Waals surface area contributed by atoms with Crippen molar-refractivity contribution in [2.45, 2.75) is 25.4 Å². The van der Waals surface area contributed by atoms with Crippen LogP contribution in [0, 0.1) is 0 Å². The molecule has 1 aromatic heterocycles. The van der Waals surface area contributed by atoms with Crippen molar-refractivity contribution in [3.05, 3.63) is 20.3 Å². The number of amides is 2. The minimum atomic E-state index is -0.421. The first-order valence-corrected chi connectivity index (χ1v) is 6.64. The summed E-state index contributed by atoms with van der Waals surface area (Å²) in [5.41, 5.74) is 0.791. The highest BCUT2D eigenvalue weighted by Gasteiger charge is 2.26. The summed E-state index contributed by atoms with van der Waals surface area (Å²) in [5.74, 6) is -0.268. The van der Waals surface area contributed by atoms with Crippen molar-refractivity contribution >= 4 is 46.4 Å². The zero-order valence-electron chi connectivity index (χ0n) is 8.76. The molecule has 1 aliphatic heterocycles. The second-order valence-corrected chi connectivity index (χ2v) is 6.01. The smallest absolute Gasteiger partial charge is 0.242 e. The van der Waals surface area contributed by atoms with E-state index in [4.69, 9.17) is 23.2 Å². The van der Waals surface area contributed by atoms with Crippen LogP contribution in [0.3, 0.4) is 0 Å². The Bertz CT molecular complexity index is 461. The minimum absolute atomic E-state index is 0.0817. The topological polar surface area (TPSA) is 58.2 Å². The molecule has 1 aliphatic rings. The third kappa shape index (κ3) is 3.12. The van der Waals surface area contributed by atoms with Crippen molar-refractivity contribution in [1.29, 1.82) is 0 Å². The van der Waals surface area contributed by atoms with Crippen LogP contribution in [0.2, 0.25) is 8.67 Å². The molecule has 4 nitrogen and oxygen atoms in total. The molecule has 2 amide bonds. The van der Waals surface area contributed by atoms with Gasteiger partial charge in [0.2, 0.25) is 11.8 Å². The van der Waals surface area contributed by atoms with Crippen molar-refractivity contribution in [1.82, 2.24) is 10.6 Å². The maximum Gasteiger partial charge on any atom is 0.242 e. The average Bonchev–Trinajstić information content (AvgIpc) is 2.82. The van der Waals surface area contributed by atoms with Gasteiger partial charge in [0.25, 0.3) is 0 Å². The fourth-order valence-electron chi connectivity index (χ4n) is 1.61. The van der Waals surface area contributed by atoms with E-state index in [2.05, 4.69) is 10.6 Å². The van der Waals surface area contributed by atoms with Gasteiger partial charge < -0.3 is 10.6 Å². The molecule has 0 saturated carbocycles. The summed E-state index contributed by atoms with van der Waals surface area (Å²) in [6.45, 7) is 0.327. The number of carbonyl (C=O) groups excluding carboxylic acids is 2. The van der Waals surface area contributed by atoms with Gasteiger partial charge in [0.1, 0.15) is 6.04 Å². The molecule has 0 aromatic carbocycles. The van der Waals surface area contributed by atoms with E-state index in [1.54, 1.807) is 6.07 Å². The Balaban J connectivity index is 1.88. The van der Waals surface area contributed by atoms with Crippen LogP contribution in [-0.2, 0) is 16.1 Å². The number of hydrogen-bond donors (Lipinski definition) is 2. The monoisotopic (exact) mass is 292 g/mol. The first-order chi connectivity index (χ1) is 8.06. The van der Waals surface area contributed by atoms with Crippen LogP contribution < -0.4 is 10.6 Å². The average molecular weight is 293 g/mol. The molecule has 0 spiro atoms. The van der Waals surface area contributed by atoms with Crippen LogP contribution in [0.25, 0.3) is 0 Å². The largest absolute Gasteiger partial charge is 0.350 e. The van der Waals surface area contributed by atoms with Crippen molar-refractivity contribution in [3.63, 3.8) is 0 Å². The highest BCUT2D eigenvalue weighted by molar-refractivity contribution is 7.20. The zero-order valence-corrected chi connectivity index (χ0v) is 11.1. The van der Waals surface area contributed by atoms with E-state index in [1.807, 2.05) is 0 Å². The number of hydrogen-bond acceptors (Lipinski definition) is 3. The maximum atomic E-state index is 11.7. The Morgan fingerprint density at radius 2 is 2.35 bits per heavy atom. The number of rotatable bonds is 3. The summed E-state index contributed by atoms with van der Waals surface area (Å²) in [5, 5.41) is 5.33. The van der Waals surface area contributed by atoms with Crippen LogP contribution in [0.5, 0.6) is 0 Å². The van der Waals surface area contributed by atoms with Gasteiger partial charge in [-0.3, -0.25) is 9.59 Å². The molecule has 1 atom stereocenters. The third-order valence-electron chi connectivity index (χ3n) is 2.49. The Morgan fingerprint density at radius 1 is 1.59 bits per heavy atom. The molecular formula is C10H10Cl2N2O2S. The zero-order chi connectivity index (χ0) is 12.4. The number of thiophene rings is 1. The van der Waals surface area contributed by atoms with Crippen molar-refractivity contribution < 1.29 is 9.59 Å². The Morgan fingerprint density at radius 3 is 2.88 bits per heavy atom. The molecule has 1 fully saturated rings. The predicted molar refractivity (Wildman–Crippen MR) is 67.4 cm³/mol. The lowest BCUT2D eigenvalue weighted by molar-refractivity contribution is -0.125. The quantitative estimate of drug-likeness (QED) is 0.895. The number of carbonyl (C=O) groups is 2.